The fourth-order valence-electron chi connectivity index (χ4n) is 3.50. The minimum atomic E-state index is -0.741. The molecule has 0 radical (unpaired) electrons. The zero-order valence-corrected chi connectivity index (χ0v) is 15.1. The number of amides is 2. The van der Waals surface area contributed by atoms with Crippen molar-refractivity contribution in [1.29, 1.82) is 0 Å². The number of nitrogens with zero attached hydrogens (tertiary/aromatic N) is 3. The zero-order valence-electron chi connectivity index (χ0n) is 15.1. The van der Waals surface area contributed by atoms with E-state index >= 15 is 0 Å². The first kappa shape index (κ1) is 17.5. The number of aromatic nitrogens is 2. The topological polar surface area (TPSA) is 70.4 Å². The number of carbonyl (C=O) groups excluding carboxylic acids is 1. The van der Waals surface area contributed by atoms with Crippen molar-refractivity contribution in [3.63, 3.8) is 0 Å². The number of anilines is 1. The molecule has 134 valence electrons. The molecule has 1 aliphatic carbocycles. The smallest absolute Gasteiger partial charge is 0.321 e. The molecule has 1 saturated carbocycles. The van der Waals surface area contributed by atoms with E-state index in [2.05, 4.69) is 23.4 Å². The summed E-state index contributed by atoms with van der Waals surface area (Å²) in [5.74, 6) is 0. The van der Waals surface area contributed by atoms with Crippen LogP contribution in [0.4, 0.5) is 10.5 Å². The lowest BCUT2D eigenvalue weighted by atomic mass is 10.0. The summed E-state index contributed by atoms with van der Waals surface area (Å²) in [6.07, 6.45) is 7.00. The summed E-state index contributed by atoms with van der Waals surface area (Å²) in [5.41, 5.74) is 3.21. The van der Waals surface area contributed by atoms with Crippen LogP contribution < -0.4 is 5.32 Å². The minimum Gasteiger partial charge on any atom is -0.388 e. The van der Waals surface area contributed by atoms with Gasteiger partial charge in [0.05, 0.1) is 35.9 Å². The summed E-state index contributed by atoms with van der Waals surface area (Å²) in [6.45, 7) is 4.45. The molecular formula is C19H26N4O2. The second-order valence-corrected chi connectivity index (χ2v) is 7.18. The van der Waals surface area contributed by atoms with Crippen molar-refractivity contribution in [3.8, 4) is 5.69 Å². The molecule has 2 amide bonds. The first-order valence-corrected chi connectivity index (χ1v) is 8.73. The van der Waals surface area contributed by atoms with Crippen molar-refractivity contribution in [2.45, 2.75) is 45.1 Å². The monoisotopic (exact) mass is 342 g/mol. The third-order valence-electron chi connectivity index (χ3n) is 4.85. The highest BCUT2D eigenvalue weighted by Crippen LogP contribution is 2.30. The van der Waals surface area contributed by atoms with Crippen LogP contribution in [0.5, 0.6) is 0 Å². The van der Waals surface area contributed by atoms with Crippen LogP contribution in [0, 0.1) is 13.8 Å². The van der Waals surface area contributed by atoms with E-state index in [9.17, 15) is 9.90 Å². The van der Waals surface area contributed by atoms with Crippen LogP contribution in [-0.2, 0) is 0 Å². The van der Waals surface area contributed by atoms with Gasteiger partial charge in [-0.05, 0) is 38.3 Å². The average molecular weight is 342 g/mol. The average Bonchev–Trinajstić information content (AvgIpc) is 3.16. The van der Waals surface area contributed by atoms with Crippen LogP contribution in [0.15, 0.2) is 30.6 Å². The number of likely N-dealkylation sites (N-methyl/N-ethyl adjacent to an activating group) is 1. The number of hydrogen-bond acceptors (Lipinski definition) is 3. The highest BCUT2D eigenvalue weighted by atomic mass is 16.3. The quantitative estimate of drug-likeness (QED) is 0.896. The summed E-state index contributed by atoms with van der Waals surface area (Å²) in [5, 5.41) is 17.6. The lowest BCUT2D eigenvalue weighted by Gasteiger charge is -2.28. The Labute approximate surface area is 148 Å². The van der Waals surface area contributed by atoms with E-state index in [1.807, 2.05) is 19.1 Å². The molecule has 2 N–H and O–H groups in total. The highest BCUT2D eigenvalue weighted by molar-refractivity contribution is 5.88. The van der Waals surface area contributed by atoms with Crippen LogP contribution in [0.3, 0.4) is 0 Å². The molecule has 0 saturated heterocycles. The predicted molar refractivity (Wildman–Crippen MR) is 98.1 cm³/mol. The van der Waals surface area contributed by atoms with E-state index in [0.717, 1.165) is 36.9 Å². The van der Waals surface area contributed by atoms with Gasteiger partial charge in [0.2, 0.25) is 0 Å². The Hall–Kier alpha value is -2.34. The fourth-order valence-corrected chi connectivity index (χ4v) is 3.50. The SMILES string of the molecule is Cc1ccc(-n2cc(NC(=O)N(C)CC3(O)CCCC3)cn2)c(C)c1. The van der Waals surface area contributed by atoms with Gasteiger partial charge in [0.1, 0.15) is 0 Å². The number of nitrogens with one attached hydrogen (secondary N) is 1. The zero-order chi connectivity index (χ0) is 18.0. The van der Waals surface area contributed by atoms with Gasteiger partial charge < -0.3 is 15.3 Å². The van der Waals surface area contributed by atoms with E-state index in [-0.39, 0.29) is 6.03 Å². The van der Waals surface area contributed by atoms with Crippen molar-refractivity contribution >= 4 is 11.7 Å². The van der Waals surface area contributed by atoms with Gasteiger partial charge in [-0.15, -0.1) is 0 Å². The molecule has 6 nitrogen and oxygen atoms in total. The number of urea groups is 1. The lowest BCUT2D eigenvalue weighted by Crippen LogP contribution is -2.43. The second-order valence-electron chi connectivity index (χ2n) is 7.18. The van der Waals surface area contributed by atoms with Gasteiger partial charge >= 0.3 is 6.03 Å². The van der Waals surface area contributed by atoms with Crippen LogP contribution in [0.2, 0.25) is 0 Å². The molecule has 25 heavy (non-hydrogen) atoms. The normalized spacial score (nSPS) is 16.0. The molecule has 3 rings (SSSR count). The van der Waals surface area contributed by atoms with Crippen molar-refractivity contribution in [3.05, 3.63) is 41.7 Å². The minimum absolute atomic E-state index is 0.236. The Bertz CT molecular complexity index is 763. The highest BCUT2D eigenvalue weighted by Gasteiger charge is 2.33. The molecule has 0 atom stereocenters. The molecule has 1 aromatic heterocycles. The Kier molecular flexibility index (Phi) is 4.81. The van der Waals surface area contributed by atoms with E-state index in [0.29, 0.717) is 12.2 Å². The third kappa shape index (κ3) is 4.02. The summed E-state index contributed by atoms with van der Waals surface area (Å²) in [4.78, 5) is 13.9. The molecule has 1 aromatic carbocycles. The molecule has 1 heterocycles. The standard InChI is InChI=1S/C19H26N4O2/c1-14-6-7-17(15(2)10-14)23-12-16(11-20-23)21-18(24)22(3)13-19(25)8-4-5-9-19/h6-7,10-12,25H,4-5,8-9,13H2,1-3H3,(H,21,24). The lowest BCUT2D eigenvalue weighted by molar-refractivity contribution is 0.0262. The maximum atomic E-state index is 12.4. The van der Waals surface area contributed by atoms with Crippen LogP contribution in [-0.4, -0.2) is 45.0 Å². The summed E-state index contributed by atoms with van der Waals surface area (Å²) < 4.78 is 1.76. The number of rotatable bonds is 4. The Morgan fingerprint density at radius 1 is 1.36 bits per heavy atom. The predicted octanol–water partition coefficient (Wildman–Crippen LogP) is 3.26. The van der Waals surface area contributed by atoms with Gasteiger partial charge in [-0.2, -0.15) is 5.10 Å². The number of aliphatic hydroxyl groups is 1. The largest absolute Gasteiger partial charge is 0.388 e. The molecule has 1 aliphatic rings. The van der Waals surface area contributed by atoms with Crippen molar-refractivity contribution < 1.29 is 9.90 Å². The maximum Gasteiger partial charge on any atom is 0.321 e. The first-order chi connectivity index (χ1) is 11.9. The van der Waals surface area contributed by atoms with E-state index in [1.165, 1.54) is 5.56 Å². The van der Waals surface area contributed by atoms with Crippen LogP contribution in [0.25, 0.3) is 5.69 Å². The number of hydrogen-bond donors (Lipinski definition) is 2. The maximum absolute atomic E-state index is 12.4. The summed E-state index contributed by atoms with van der Waals surface area (Å²) in [6, 6.07) is 5.93. The van der Waals surface area contributed by atoms with Gasteiger partial charge in [-0.3, -0.25) is 0 Å². The number of carbonyl (C=O) groups is 1. The van der Waals surface area contributed by atoms with Crippen molar-refractivity contribution in [2.75, 3.05) is 18.9 Å². The molecule has 0 aliphatic heterocycles. The van der Waals surface area contributed by atoms with Crippen LogP contribution in [0.1, 0.15) is 36.8 Å². The molecule has 0 bridgehead atoms. The van der Waals surface area contributed by atoms with Gasteiger partial charge in [-0.1, -0.05) is 30.5 Å². The molecular weight excluding hydrogens is 316 g/mol. The Morgan fingerprint density at radius 2 is 2.08 bits per heavy atom. The fraction of sp³-hybridized carbons (Fsp3) is 0.474. The van der Waals surface area contributed by atoms with Crippen LogP contribution >= 0.6 is 0 Å². The van der Waals surface area contributed by atoms with E-state index in [1.54, 1.807) is 29.0 Å². The third-order valence-corrected chi connectivity index (χ3v) is 4.85. The van der Waals surface area contributed by atoms with Gasteiger partial charge in [-0.25, -0.2) is 9.48 Å². The number of aryl methyl sites for hydroxylation is 2. The van der Waals surface area contributed by atoms with Gasteiger partial charge in [0.25, 0.3) is 0 Å². The van der Waals surface area contributed by atoms with Gasteiger partial charge in [0.15, 0.2) is 0 Å². The summed E-state index contributed by atoms with van der Waals surface area (Å²) >= 11 is 0. The van der Waals surface area contributed by atoms with E-state index < -0.39 is 5.60 Å². The molecule has 0 spiro atoms. The van der Waals surface area contributed by atoms with Crippen molar-refractivity contribution in [1.82, 2.24) is 14.7 Å². The first-order valence-electron chi connectivity index (χ1n) is 8.73. The molecule has 0 unspecified atom stereocenters. The second kappa shape index (κ2) is 6.88. The Morgan fingerprint density at radius 3 is 2.76 bits per heavy atom. The van der Waals surface area contributed by atoms with Gasteiger partial charge in [0, 0.05) is 7.05 Å². The molecule has 6 heteroatoms. The Balaban J connectivity index is 1.65. The van der Waals surface area contributed by atoms with E-state index in [4.69, 9.17) is 0 Å². The van der Waals surface area contributed by atoms with Crippen molar-refractivity contribution in [2.24, 2.45) is 0 Å². The number of benzene rings is 1. The summed E-state index contributed by atoms with van der Waals surface area (Å²) in [7, 11) is 1.71. The molecule has 2 aromatic rings. The molecule has 1 fully saturated rings.